The average molecular weight is 342 g/mol. The number of fused-ring (bicyclic) bond motifs is 6. The number of ether oxygens (including phenoxy) is 1. The molecule has 3 heteroatoms. The summed E-state index contributed by atoms with van der Waals surface area (Å²) in [7, 11) is 0. The topological polar surface area (TPSA) is 46.5 Å². The molecule has 0 bridgehead atoms. The van der Waals surface area contributed by atoms with E-state index < -0.39 is 0 Å². The zero-order valence-electron chi connectivity index (χ0n) is 15.5. The van der Waals surface area contributed by atoms with Crippen molar-refractivity contribution in [2.75, 3.05) is 0 Å². The number of allylic oxidation sites excluding steroid dienone is 3. The van der Waals surface area contributed by atoms with E-state index in [1.54, 1.807) is 0 Å². The molecule has 136 valence electrons. The third kappa shape index (κ3) is 1.94. The maximum atomic E-state index is 11.9. The fourth-order valence-electron chi connectivity index (χ4n) is 7.44. The van der Waals surface area contributed by atoms with Crippen molar-refractivity contribution in [1.29, 1.82) is 0 Å². The zero-order chi connectivity index (χ0) is 17.4. The Balaban J connectivity index is 1.52. The highest BCUT2D eigenvalue weighted by Gasteiger charge is 2.66. The molecular weight excluding hydrogens is 312 g/mol. The Morgan fingerprint density at radius 1 is 1.08 bits per heavy atom. The van der Waals surface area contributed by atoms with Crippen molar-refractivity contribution in [2.45, 2.75) is 76.9 Å². The molecule has 0 aromatic heterocycles. The van der Waals surface area contributed by atoms with E-state index >= 15 is 0 Å². The van der Waals surface area contributed by atoms with Crippen LogP contribution in [-0.2, 0) is 9.53 Å². The SMILES string of the molecule is C[C@]12CC[C@@H](O)C=C1C=C[C@@H]1[C@@H]2CC[C@@]2(C)[C@H]1CC[C@@]21CCC(=O)O1. The summed E-state index contributed by atoms with van der Waals surface area (Å²) in [6.07, 6.45) is 14.7. The van der Waals surface area contributed by atoms with Gasteiger partial charge in [0, 0.05) is 11.8 Å². The van der Waals surface area contributed by atoms with E-state index in [0.717, 1.165) is 25.7 Å². The fourth-order valence-corrected chi connectivity index (χ4v) is 7.44. The van der Waals surface area contributed by atoms with Crippen LogP contribution in [0.15, 0.2) is 23.8 Å². The largest absolute Gasteiger partial charge is 0.458 e. The van der Waals surface area contributed by atoms with Gasteiger partial charge in [-0.05, 0) is 73.7 Å². The third-order valence-electron chi connectivity index (χ3n) is 8.97. The molecule has 1 saturated heterocycles. The minimum atomic E-state index is -0.272. The maximum absolute atomic E-state index is 11.9. The Bertz CT molecular complexity index is 679. The molecule has 1 spiro atoms. The van der Waals surface area contributed by atoms with E-state index in [9.17, 15) is 9.90 Å². The molecule has 7 atom stereocenters. The van der Waals surface area contributed by atoms with Crippen LogP contribution in [0.2, 0.25) is 0 Å². The van der Waals surface area contributed by atoms with Crippen LogP contribution in [0.4, 0.5) is 0 Å². The lowest BCUT2D eigenvalue weighted by atomic mass is 9.48. The van der Waals surface area contributed by atoms with Crippen LogP contribution in [0, 0.1) is 28.6 Å². The first kappa shape index (κ1) is 16.1. The van der Waals surface area contributed by atoms with Gasteiger partial charge in [0.2, 0.25) is 0 Å². The molecule has 1 N–H and O–H groups in total. The van der Waals surface area contributed by atoms with Gasteiger partial charge in [-0.25, -0.2) is 0 Å². The van der Waals surface area contributed by atoms with E-state index in [1.165, 1.54) is 24.8 Å². The Labute approximate surface area is 150 Å². The summed E-state index contributed by atoms with van der Waals surface area (Å²) in [4.78, 5) is 11.9. The van der Waals surface area contributed by atoms with Crippen LogP contribution < -0.4 is 0 Å². The molecule has 0 amide bonds. The predicted molar refractivity (Wildman–Crippen MR) is 95.7 cm³/mol. The molecule has 3 nitrogen and oxygen atoms in total. The van der Waals surface area contributed by atoms with Crippen molar-refractivity contribution in [2.24, 2.45) is 28.6 Å². The van der Waals surface area contributed by atoms with Crippen molar-refractivity contribution < 1.29 is 14.6 Å². The van der Waals surface area contributed by atoms with Gasteiger partial charge in [0.15, 0.2) is 0 Å². The number of hydrogen-bond acceptors (Lipinski definition) is 3. The Kier molecular flexibility index (Phi) is 3.22. The van der Waals surface area contributed by atoms with Gasteiger partial charge in [-0.1, -0.05) is 32.1 Å². The number of aliphatic hydroxyl groups excluding tert-OH is 1. The van der Waals surface area contributed by atoms with E-state index in [0.29, 0.717) is 24.2 Å². The normalized spacial score (nSPS) is 53.9. The number of hydrogen-bond donors (Lipinski definition) is 1. The molecule has 0 aromatic rings. The van der Waals surface area contributed by atoms with Gasteiger partial charge in [-0.2, -0.15) is 0 Å². The number of carbonyl (C=O) groups excluding carboxylic acids is 1. The summed E-state index contributed by atoms with van der Waals surface area (Å²) in [5.41, 5.74) is 1.52. The minimum Gasteiger partial charge on any atom is -0.458 e. The second kappa shape index (κ2) is 5.00. The highest BCUT2D eigenvalue weighted by molar-refractivity contribution is 5.72. The van der Waals surface area contributed by atoms with Crippen LogP contribution in [0.3, 0.4) is 0 Å². The minimum absolute atomic E-state index is 0.0154. The van der Waals surface area contributed by atoms with E-state index in [-0.39, 0.29) is 28.5 Å². The van der Waals surface area contributed by atoms with Gasteiger partial charge in [-0.3, -0.25) is 4.79 Å². The summed E-state index contributed by atoms with van der Waals surface area (Å²) in [5, 5.41) is 10.1. The number of aliphatic hydroxyl groups is 1. The molecule has 3 fully saturated rings. The zero-order valence-corrected chi connectivity index (χ0v) is 15.5. The standard InChI is InChI=1S/C22H30O3/c1-20-9-5-15(23)13-14(20)3-4-16-17(20)6-10-21(2)18(16)7-11-22(21)12-8-19(24)25-22/h3-4,13,15-18,23H,5-12H2,1-2H3/t15-,16-,17+,18+,20+,21+,22-/m1/s1. The number of carbonyl (C=O) groups is 1. The first-order chi connectivity index (χ1) is 11.9. The Morgan fingerprint density at radius 3 is 2.64 bits per heavy atom. The molecule has 5 aliphatic rings. The predicted octanol–water partition coefficient (Wildman–Crippen LogP) is 4.16. The molecule has 4 aliphatic carbocycles. The molecule has 1 heterocycles. The summed E-state index contributed by atoms with van der Waals surface area (Å²) in [6, 6.07) is 0. The first-order valence-electron chi connectivity index (χ1n) is 10.2. The second-order valence-electron chi connectivity index (χ2n) is 9.76. The van der Waals surface area contributed by atoms with Crippen LogP contribution in [0.1, 0.15) is 65.2 Å². The van der Waals surface area contributed by atoms with E-state index in [1.807, 2.05) is 0 Å². The summed E-state index contributed by atoms with van der Waals surface area (Å²) < 4.78 is 6.00. The first-order valence-corrected chi connectivity index (χ1v) is 10.2. The molecular formula is C22H30O3. The third-order valence-corrected chi connectivity index (χ3v) is 8.97. The second-order valence-corrected chi connectivity index (χ2v) is 9.76. The average Bonchev–Trinajstić information content (AvgIpc) is 3.10. The van der Waals surface area contributed by atoms with Crippen LogP contribution in [-0.4, -0.2) is 22.8 Å². The van der Waals surface area contributed by atoms with Crippen LogP contribution in [0.25, 0.3) is 0 Å². The Morgan fingerprint density at radius 2 is 1.88 bits per heavy atom. The van der Waals surface area contributed by atoms with Gasteiger partial charge in [0.05, 0.1) is 6.10 Å². The molecule has 0 radical (unpaired) electrons. The van der Waals surface area contributed by atoms with Crippen molar-refractivity contribution >= 4 is 5.97 Å². The summed E-state index contributed by atoms with van der Waals surface area (Å²) in [5.74, 6) is 1.90. The van der Waals surface area contributed by atoms with Gasteiger partial charge >= 0.3 is 5.97 Å². The van der Waals surface area contributed by atoms with Crippen molar-refractivity contribution in [3.8, 4) is 0 Å². The van der Waals surface area contributed by atoms with Gasteiger partial charge in [-0.15, -0.1) is 0 Å². The molecule has 0 aromatic carbocycles. The van der Waals surface area contributed by atoms with Crippen LogP contribution >= 0.6 is 0 Å². The van der Waals surface area contributed by atoms with E-state index in [2.05, 4.69) is 32.1 Å². The lowest BCUT2D eigenvalue weighted by Crippen LogP contribution is -2.53. The highest BCUT2D eigenvalue weighted by atomic mass is 16.6. The lowest BCUT2D eigenvalue weighted by molar-refractivity contribution is -0.165. The maximum Gasteiger partial charge on any atom is 0.306 e. The smallest absolute Gasteiger partial charge is 0.306 e. The quantitative estimate of drug-likeness (QED) is 0.672. The number of esters is 1. The van der Waals surface area contributed by atoms with Crippen LogP contribution in [0.5, 0.6) is 0 Å². The van der Waals surface area contributed by atoms with Crippen molar-refractivity contribution in [3.63, 3.8) is 0 Å². The highest BCUT2D eigenvalue weighted by Crippen LogP contribution is 2.68. The van der Waals surface area contributed by atoms with Crippen molar-refractivity contribution in [3.05, 3.63) is 23.8 Å². The summed E-state index contributed by atoms with van der Waals surface area (Å²) >= 11 is 0. The monoisotopic (exact) mass is 342 g/mol. The molecule has 0 unspecified atom stereocenters. The van der Waals surface area contributed by atoms with E-state index in [4.69, 9.17) is 4.74 Å². The van der Waals surface area contributed by atoms with Gasteiger partial charge < -0.3 is 9.84 Å². The fraction of sp³-hybridized carbons (Fsp3) is 0.773. The molecule has 1 aliphatic heterocycles. The molecule has 2 saturated carbocycles. The number of rotatable bonds is 0. The molecule has 5 rings (SSSR count). The lowest BCUT2D eigenvalue weighted by Gasteiger charge is -2.57. The summed E-state index contributed by atoms with van der Waals surface area (Å²) in [6.45, 7) is 4.83. The Hall–Kier alpha value is -1.09. The van der Waals surface area contributed by atoms with Crippen molar-refractivity contribution in [1.82, 2.24) is 0 Å². The van der Waals surface area contributed by atoms with Gasteiger partial charge in [0.1, 0.15) is 5.60 Å². The molecule has 25 heavy (non-hydrogen) atoms. The van der Waals surface area contributed by atoms with Gasteiger partial charge in [0.25, 0.3) is 0 Å².